The van der Waals surface area contributed by atoms with Crippen molar-refractivity contribution in [2.45, 2.75) is 13.3 Å². The Labute approximate surface area is 203 Å². The molecule has 0 saturated carbocycles. The van der Waals surface area contributed by atoms with Gasteiger partial charge in [-0.3, -0.25) is 10.1 Å². The van der Waals surface area contributed by atoms with E-state index in [9.17, 15) is 4.79 Å². The highest BCUT2D eigenvalue weighted by Gasteiger charge is 2.12. The van der Waals surface area contributed by atoms with E-state index in [1.807, 2.05) is 31.2 Å². The summed E-state index contributed by atoms with van der Waals surface area (Å²) in [6, 6.07) is 12.6. The first kappa shape index (κ1) is 22.3. The minimum absolute atomic E-state index is 0.172. The summed E-state index contributed by atoms with van der Waals surface area (Å²) in [5.74, 6) is 0.430. The maximum atomic E-state index is 12.2. The normalized spacial score (nSPS) is 11.2. The molecule has 0 bridgehead atoms. The van der Waals surface area contributed by atoms with Gasteiger partial charge in [0.25, 0.3) is 0 Å². The highest BCUT2D eigenvalue weighted by atomic mass is 35.5. The van der Waals surface area contributed by atoms with Gasteiger partial charge in [0, 0.05) is 33.8 Å². The van der Waals surface area contributed by atoms with Crippen LogP contribution in [-0.2, 0) is 11.2 Å². The summed E-state index contributed by atoms with van der Waals surface area (Å²) in [6.07, 6.45) is 3.69. The minimum Gasteiger partial charge on any atom is -0.332 e. The van der Waals surface area contributed by atoms with Crippen LogP contribution in [0.15, 0.2) is 48.5 Å². The molecular formula is C21H16Cl2N6OS2. The molecule has 0 spiro atoms. The molecule has 4 rings (SSSR count). The van der Waals surface area contributed by atoms with Crippen LogP contribution in [0.1, 0.15) is 18.3 Å². The number of aromatic nitrogens is 4. The van der Waals surface area contributed by atoms with Gasteiger partial charge in [0.2, 0.25) is 10.9 Å². The quantitative estimate of drug-likeness (QED) is 0.286. The molecule has 11 heteroatoms. The summed E-state index contributed by atoms with van der Waals surface area (Å²) >= 11 is 18.7. The number of rotatable bonds is 5. The molecule has 2 aromatic carbocycles. The Morgan fingerprint density at radius 3 is 2.84 bits per heavy atom. The molecule has 2 N–H and O–H groups in total. The number of nitrogens with zero attached hydrogens (tertiary/aromatic N) is 4. The number of nitrogens with one attached hydrogen (secondary N) is 2. The first-order chi connectivity index (χ1) is 15.4. The van der Waals surface area contributed by atoms with Gasteiger partial charge in [-0.25, -0.2) is 0 Å². The highest BCUT2D eigenvalue weighted by Crippen LogP contribution is 2.27. The summed E-state index contributed by atoms with van der Waals surface area (Å²) in [7, 11) is 0. The number of carbonyl (C=O) groups excluding carboxylic acids is 1. The Kier molecular flexibility index (Phi) is 6.80. The molecule has 162 valence electrons. The van der Waals surface area contributed by atoms with E-state index in [4.69, 9.17) is 35.4 Å². The van der Waals surface area contributed by atoms with E-state index in [2.05, 4.69) is 25.9 Å². The number of amides is 1. The van der Waals surface area contributed by atoms with Crippen molar-refractivity contribution in [1.29, 1.82) is 0 Å². The largest absolute Gasteiger partial charge is 0.332 e. The number of hydrogen-bond acceptors (Lipinski definition) is 6. The molecule has 4 aromatic rings. The van der Waals surface area contributed by atoms with Crippen LogP contribution in [0.3, 0.4) is 0 Å². The second-order valence-corrected chi connectivity index (χ2v) is 8.80. The van der Waals surface area contributed by atoms with E-state index in [0.29, 0.717) is 15.6 Å². The third-order valence-electron chi connectivity index (χ3n) is 4.35. The number of fused-ring (bicyclic) bond motifs is 1. The Bertz CT molecular complexity index is 1350. The van der Waals surface area contributed by atoms with Crippen LogP contribution in [-0.4, -0.2) is 30.8 Å². The van der Waals surface area contributed by atoms with E-state index < -0.39 is 0 Å². The number of benzene rings is 2. The second-order valence-electron chi connectivity index (χ2n) is 6.59. The molecule has 0 aliphatic carbocycles. The van der Waals surface area contributed by atoms with E-state index in [-0.39, 0.29) is 11.0 Å². The number of halogens is 2. The zero-order chi connectivity index (χ0) is 22.7. The monoisotopic (exact) mass is 502 g/mol. The number of anilines is 1. The Balaban J connectivity index is 1.41. The van der Waals surface area contributed by atoms with Gasteiger partial charge in [0.1, 0.15) is 5.01 Å². The third-order valence-corrected chi connectivity index (χ3v) is 6.07. The zero-order valence-corrected chi connectivity index (χ0v) is 19.8. The van der Waals surface area contributed by atoms with E-state index in [1.165, 1.54) is 17.4 Å². The van der Waals surface area contributed by atoms with E-state index >= 15 is 0 Å². The summed E-state index contributed by atoms with van der Waals surface area (Å²) in [4.78, 5) is 12.9. The van der Waals surface area contributed by atoms with Crippen LogP contribution >= 0.6 is 46.8 Å². The molecule has 0 radical (unpaired) electrons. The van der Waals surface area contributed by atoms with Crippen molar-refractivity contribution in [1.82, 2.24) is 25.1 Å². The smallest absolute Gasteiger partial charge is 0.250 e. The second kappa shape index (κ2) is 9.74. The van der Waals surface area contributed by atoms with Gasteiger partial charge < -0.3 is 5.32 Å². The van der Waals surface area contributed by atoms with E-state index in [0.717, 1.165) is 33.5 Å². The minimum atomic E-state index is -0.384. The third kappa shape index (κ3) is 5.13. The lowest BCUT2D eigenvalue weighted by molar-refractivity contribution is -0.115. The molecule has 0 unspecified atom stereocenters. The first-order valence-electron chi connectivity index (χ1n) is 9.49. The van der Waals surface area contributed by atoms with Gasteiger partial charge in [-0.1, -0.05) is 59.7 Å². The molecule has 0 saturated heterocycles. The fraction of sp³-hybridized carbons (Fsp3) is 0.0952. The molecule has 1 amide bonds. The van der Waals surface area contributed by atoms with E-state index in [1.54, 1.807) is 28.8 Å². The summed E-state index contributed by atoms with van der Waals surface area (Å²) in [6.45, 7) is 2.01. The van der Waals surface area contributed by atoms with Crippen molar-refractivity contribution >= 4 is 74.5 Å². The molecule has 7 nitrogen and oxygen atoms in total. The number of carbonyl (C=O) groups is 1. The maximum absolute atomic E-state index is 12.2. The number of thiocarbonyl (C=S) groups is 1. The fourth-order valence-electron chi connectivity index (χ4n) is 2.84. The van der Waals surface area contributed by atoms with Crippen molar-refractivity contribution < 1.29 is 4.79 Å². The van der Waals surface area contributed by atoms with Crippen molar-refractivity contribution in [2.24, 2.45) is 0 Å². The van der Waals surface area contributed by atoms with Gasteiger partial charge >= 0.3 is 0 Å². The van der Waals surface area contributed by atoms with Crippen LogP contribution in [0.25, 0.3) is 21.6 Å². The van der Waals surface area contributed by atoms with Gasteiger partial charge in [-0.05, 0) is 48.1 Å². The van der Waals surface area contributed by atoms with Gasteiger partial charge in [-0.2, -0.15) is 9.61 Å². The number of hydrogen-bond donors (Lipinski definition) is 2. The lowest BCUT2D eigenvalue weighted by Gasteiger charge is -2.09. The zero-order valence-electron chi connectivity index (χ0n) is 16.7. The van der Waals surface area contributed by atoms with Crippen LogP contribution in [0.2, 0.25) is 10.0 Å². The van der Waals surface area contributed by atoms with Gasteiger partial charge in [-0.15, -0.1) is 10.2 Å². The average Bonchev–Trinajstić information content (AvgIpc) is 3.34. The highest BCUT2D eigenvalue weighted by molar-refractivity contribution is 7.80. The summed E-state index contributed by atoms with van der Waals surface area (Å²) in [5, 5.41) is 20.4. The van der Waals surface area contributed by atoms with Crippen LogP contribution < -0.4 is 10.6 Å². The van der Waals surface area contributed by atoms with Crippen LogP contribution in [0.4, 0.5) is 5.69 Å². The Morgan fingerprint density at radius 1 is 1.22 bits per heavy atom. The maximum Gasteiger partial charge on any atom is 0.250 e. The molecule has 2 heterocycles. The van der Waals surface area contributed by atoms with Crippen molar-refractivity contribution in [3.8, 4) is 10.6 Å². The first-order valence-corrected chi connectivity index (χ1v) is 11.5. The summed E-state index contributed by atoms with van der Waals surface area (Å²) < 4.78 is 1.75. The predicted octanol–water partition coefficient (Wildman–Crippen LogP) is 5.25. The van der Waals surface area contributed by atoms with Crippen LogP contribution in [0, 0.1) is 0 Å². The average molecular weight is 503 g/mol. The Morgan fingerprint density at radius 2 is 2.06 bits per heavy atom. The van der Waals surface area contributed by atoms with Gasteiger partial charge in [0.15, 0.2) is 10.9 Å². The molecule has 2 aromatic heterocycles. The molecule has 0 aliphatic rings. The number of aryl methyl sites for hydroxylation is 1. The topological polar surface area (TPSA) is 84.2 Å². The van der Waals surface area contributed by atoms with Gasteiger partial charge in [0.05, 0.1) is 0 Å². The molecule has 0 aliphatic heterocycles. The van der Waals surface area contributed by atoms with Crippen LogP contribution in [0.5, 0.6) is 0 Å². The molecular weight excluding hydrogens is 487 g/mol. The van der Waals surface area contributed by atoms with Crippen molar-refractivity contribution in [3.05, 3.63) is 70.0 Å². The summed E-state index contributed by atoms with van der Waals surface area (Å²) in [5.41, 5.74) is 2.30. The fourth-order valence-corrected chi connectivity index (χ4v) is 4.39. The lowest BCUT2D eigenvalue weighted by atomic mass is 10.2. The lowest BCUT2D eigenvalue weighted by Crippen LogP contribution is -2.32. The predicted molar refractivity (Wildman–Crippen MR) is 133 cm³/mol. The molecule has 0 fully saturated rings. The standard InChI is InChI=1S/C21H16Cl2N6OS2/c1-2-17-26-27-21-29(17)28-19(32-21)13-4-3-5-15(10-13)24-20(31)25-18(30)9-7-12-6-8-14(22)11-16(12)23/h3-11H,2H2,1H3,(H2,24,25,30,31)/b9-7+. The SMILES string of the molecule is CCc1nnc2sc(-c3cccc(NC(=S)NC(=O)/C=C/c4ccc(Cl)cc4Cl)c3)nn12. The van der Waals surface area contributed by atoms with Crippen molar-refractivity contribution in [3.63, 3.8) is 0 Å². The molecule has 32 heavy (non-hydrogen) atoms. The molecule has 0 atom stereocenters. The Hall–Kier alpha value is -2.85. The van der Waals surface area contributed by atoms with Crippen molar-refractivity contribution in [2.75, 3.05) is 5.32 Å².